The molecule has 3 aromatic rings. The first-order chi connectivity index (χ1) is 12.2. The molecule has 0 bridgehead atoms. The van der Waals surface area contributed by atoms with E-state index in [0.717, 1.165) is 47.4 Å². The van der Waals surface area contributed by atoms with Crippen LogP contribution in [0.4, 0.5) is 0 Å². The number of ether oxygens (including phenoxy) is 1. The summed E-state index contributed by atoms with van der Waals surface area (Å²) in [5, 5.41) is 9.52. The zero-order chi connectivity index (χ0) is 17.6. The molecule has 25 heavy (non-hydrogen) atoms. The Hall–Kier alpha value is -3.06. The molecule has 0 saturated carbocycles. The van der Waals surface area contributed by atoms with Gasteiger partial charge in [0.15, 0.2) is 0 Å². The summed E-state index contributed by atoms with van der Waals surface area (Å²) >= 11 is 0. The van der Waals surface area contributed by atoms with Crippen molar-refractivity contribution in [2.45, 2.75) is 26.7 Å². The number of unbranched alkanes of at least 4 members (excludes halogenated alkanes) is 1. The van der Waals surface area contributed by atoms with Gasteiger partial charge in [0, 0.05) is 0 Å². The first-order valence-corrected chi connectivity index (χ1v) is 8.51. The van der Waals surface area contributed by atoms with Crippen LogP contribution in [-0.4, -0.2) is 16.6 Å². The van der Waals surface area contributed by atoms with Crippen LogP contribution < -0.4 is 4.74 Å². The maximum absolute atomic E-state index is 9.52. The van der Waals surface area contributed by atoms with Crippen molar-refractivity contribution >= 4 is 22.7 Å². The van der Waals surface area contributed by atoms with Gasteiger partial charge in [0.1, 0.15) is 17.6 Å². The smallest absolute Gasteiger partial charge is 0.149 e. The summed E-state index contributed by atoms with van der Waals surface area (Å²) in [5.41, 5.74) is 4.41. The minimum atomic E-state index is 0.508. The number of nitriles is 1. The van der Waals surface area contributed by atoms with Crippen LogP contribution in [0.5, 0.6) is 5.75 Å². The molecule has 0 amide bonds. The molecule has 0 radical (unpaired) electrons. The maximum atomic E-state index is 9.52. The number of imidazole rings is 1. The van der Waals surface area contributed by atoms with Crippen LogP contribution in [0, 0.1) is 18.3 Å². The Morgan fingerprint density at radius 1 is 1.24 bits per heavy atom. The lowest BCUT2D eigenvalue weighted by molar-refractivity contribution is 0.309. The fourth-order valence-electron chi connectivity index (χ4n) is 2.57. The third-order valence-electron chi connectivity index (χ3n) is 3.97. The van der Waals surface area contributed by atoms with Gasteiger partial charge in [0.05, 0.1) is 23.2 Å². The van der Waals surface area contributed by atoms with Gasteiger partial charge in [-0.05, 0) is 54.8 Å². The summed E-state index contributed by atoms with van der Waals surface area (Å²) in [6, 6.07) is 16.0. The van der Waals surface area contributed by atoms with Crippen molar-refractivity contribution in [3.05, 3.63) is 59.4 Å². The molecule has 126 valence electrons. The molecule has 0 aliphatic heterocycles. The van der Waals surface area contributed by atoms with E-state index in [1.807, 2.05) is 55.5 Å². The number of H-pyrrole nitrogens is 1. The molecule has 3 rings (SSSR count). The molecule has 0 spiro atoms. The second-order valence-electron chi connectivity index (χ2n) is 6.05. The summed E-state index contributed by atoms with van der Waals surface area (Å²) < 4.78 is 5.66. The van der Waals surface area contributed by atoms with E-state index in [0.29, 0.717) is 11.4 Å². The predicted octanol–water partition coefficient (Wildman–Crippen LogP) is 5.11. The van der Waals surface area contributed by atoms with E-state index in [9.17, 15) is 5.26 Å². The van der Waals surface area contributed by atoms with Crippen LogP contribution in [0.3, 0.4) is 0 Å². The molecular formula is C21H21N3O. The Balaban J connectivity index is 1.83. The highest BCUT2D eigenvalue weighted by atomic mass is 16.5. The first-order valence-electron chi connectivity index (χ1n) is 8.51. The second kappa shape index (κ2) is 7.67. The number of hydrogen-bond donors (Lipinski definition) is 1. The molecule has 4 heteroatoms. The van der Waals surface area contributed by atoms with Gasteiger partial charge in [-0.3, -0.25) is 0 Å². The average Bonchev–Trinajstić information content (AvgIpc) is 3.04. The molecule has 0 saturated heterocycles. The molecule has 1 N–H and O–H groups in total. The van der Waals surface area contributed by atoms with E-state index in [2.05, 4.69) is 23.0 Å². The number of nitrogens with zero attached hydrogens (tertiary/aromatic N) is 2. The van der Waals surface area contributed by atoms with Crippen molar-refractivity contribution in [3.63, 3.8) is 0 Å². The number of fused-ring (bicyclic) bond motifs is 1. The predicted molar refractivity (Wildman–Crippen MR) is 101 cm³/mol. The second-order valence-corrected chi connectivity index (χ2v) is 6.05. The van der Waals surface area contributed by atoms with Crippen LogP contribution in [0.15, 0.2) is 42.5 Å². The van der Waals surface area contributed by atoms with Gasteiger partial charge in [-0.2, -0.15) is 5.26 Å². The molecular weight excluding hydrogens is 310 g/mol. The molecule has 0 fully saturated rings. The molecule has 0 unspecified atom stereocenters. The van der Waals surface area contributed by atoms with Gasteiger partial charge in [-0.25, -0.2) is 4.98 Å². The van der Waals surface area contributed by atoms with E-state index >= 15 is 0 Å². The third kappa shape index (κ3) is 4.07. The number of nitrogens with one attached hydrogen (secondary N) is 1. The Bertz CT molecular complexity index is 930. The van der Waals surface area contributed by atoms with Gasteiger partial charge in [-0.1, -0.05) is 31.5 Å². The van der Waals surface area contributed by atoms with Crippen LogP contribution >= 0.6 is 0 Å². The normalized spacial score (nSPS) is 11.5. The fraction of sp³-hybridized carbons (Fsp3) is 0.238. The lowest BCUT2D eigenvalue weighted by Crippen LogP contribution is -1.95. The van der Waals surface area contributed by atoms with Gasteiger partial charge >= 0.3 is 0 Å². The minimum absolute atomic E-state index is 0.508. The van der Waals surface area contributed by atoms with Crippen molar-refractivity contribution in [3.8, 4) is 11.8 Å². The first kappa shape index (κ1) is 16.8. The van der Waals surface area contributed by atoms with Crippen molar-refractivity contribution in [1.29, 1.82) is 5.26 Å². The van der Waals surface area contributed by atoms with E-state index in [1.165, 1.54) is 0 Å². The Labute approximate surface area is 147 Å². The SMILES string of the molecule is CCCCOc1ccc(C=C(C#N)c2nc3ccc(C)cc3[nH]2)cc1. The third-order valence-corrected chi connectivity index (χ3v) is 3.97. The van der Waals surface area contributed by atoms with Gasteiger partial charge in [-0.15, -0.1) is 0 Å². The Morgan fingerprint density at radius 2 is 2.04 bits per heavy atom. The quantitative estimate of drug-likeness (QED) is 0.504. The highest BCUT2D eigenvalue weighted by Gasteiger charge is 2.08. The number of allylic oxidation sites excluding steroid dienone is 1. The summed E-state index contributed by atoms with van der Waals surface area (Å²) in [4.78, 5) is 7.74. The van der Waals surface area contributed by atoms with Crippen LogP contribution in [0.1, 0.15) is 36.7 Å². The van der Waals surface area contributed by atoms with Gasteiger partial charge in [0.2, 0.25) is 0 Å². The van der Waals surface area contributed by atoms with Gasteiger partial charge < -0.3 is 9.72 Å². The van der Waals surface area contributed by atoms with Crippen molar-refractivity contribution in [2.24, 2.45) is 0 Å². The van der Waals surface area contributed by atoms with Crippen LogP contribution in [-0.2, 0) is 0 Å². The molecule has 1 heterocycles. The monoisotopic (exact) mass is 331 g/mol. The number of hydrogen-bond acceptors (Lipinski definition) is 3. The molecule has 2 aromatic carbocycles. The lowest BCUT2D eigenvalue weighted by Gasteiger charge is -2.05. The lowest BCUT2D eigenvalue weighted by atomic mass is 10.1. The number of aryl methyl sites for hydroxylation is 1. The van der Waals surface area contributed by atoms with Crippen molar-refractivity contribution < 1.29 is 4.74 Å². The summed E-state index contributed by atoms with van der Waals surface area (Å²) in [5.74, 6) is 1.44. The highest BCUT2D eigenvalue weighted by Crippen LogP contribution is 2.21. The number of rotatable bonds is 6. The summed E-state index contributed by atoms with van der Waals surface area (Å²) in [7, 11) is 0. The standard InChI is InChI=1S/C21H21N3O/c1-3-4-11-25-18-8-6-16(7-9-18)13-17(14-22)21-23-19-10-5-15(2)12-20(19)24-21/h5-10,12-13H,3-4,11H2,1-2H3,(H,23,24). The molecule has 0 atom stereocenters. The Morgan fingerprint density at radius 3 is 2.76 bits per heavy atom. The Kier molecular flexibility index (Phi) is 5.15. The van der Waals surface area contributed by atoms with Crippen LogP contribution in [0.2, 0.25) is 0 Å². The van der Waals surface area contributed by atoms with E-state index in [4.69, 9.17) is 4.74 Å². The maximum Gasteiger partial charge on any atom is 0.149 e. The topological polar surface area (TPSA) is 61.7 Å². The van der Waals surface area contributed by atoms with Gasteiger partial charge in [0.25, 0.3) is 0 Å². The number of aromatic nitrogens is 2. The zero-order valence-corrected chi connectivity index (χ0v) is 14.5. The van der Waals surface area contributed by atoms with Crippen molar-refractivity contribution in [2.75, 3.05) is 6.61 Å². The molecule has 0 aliphatic rings. The minimum Gasteiger partial charge on any atom is -0.494 e. The van der Waals surface area contributed by atoms with E-state index in [-0.39, 0.29) is 0 Å². The van der Waals surface area contributed by atoms with Crippen molar-refractivity contribution in [1.82, 2.24) is 9.97 Å². The zero-order valence-electron chi connectivity index (χ0n) is 14.5. The number of benzene rings is 2. The summed E-state index contributed by atoms with van der Waals surface area (Å²) in [6.07, 6.45) is 4.00. The van der Waals surface area contributed by atoms with E-state index < -0.39 is 0 Å². The fourth-order valence-corrected chi connectivity index (χ4v) is 2.57. The van der Waals surface area contributed by atoms with E-state index in [1.54, 1.807) is 0 Å². The largest absolute Gasteiger partial charge is 0.494 e. The average molecular weight is 331 g/mol. The number of aromatic amines is 1. The molecule has 1 aromatic heterocycles. The molecule has 4 nitrogen and oxygen atoms in total. The highest BCUT2D eigenvalue weighted by molar-refractivity contribution is 5.90. The van der Waals surface area contributed by atoms with Crippen LogP contribution in [0.25, 0.3) is 22.7 Å². The molecule has 0 aliphatic carbocycles. The summed E-state index contributed by atoms with van der Waals surface area (Å²) in [6.45, 7) is 4.90.